The highest BCUT2D eigenvalue weighted by atomic mass is 19.4. The predicted molar refractivity (Wildman–Crippen MR) is 78.9 cm³/mol. The lowest BCUT2D eigenvalue weighted by Gasteiger charge is -2.48. The average Bonchev–Trinajstić information content (AvgIpc) is 2.88. The molecule has 1 amide bonds. The van der Waals surface area contributed by atoms with E-state index in [-0.39, 0.29) is 17.6 Å². The van der Waals surface area contributed by atoms with Gasteiger partial charge in [0.2, 0.25) is 5.91 Å². The van der Waals surface area contributed by atoms with Crippen LogP contribution in [0.25, 0.3) is 0 Å². The Balaban J connectivity index is 2.12. The number of hydrogen-bond acceptors (Lipinski definition) is 2. The first-order valence-electron chi connectivity index (χ1n) is 7.58. The molecule has 2 aliphatic rings. The van der Waals surface area contributed by atoms with Crippen LogP contribution in [0.2, 0.25) is 0 Å². The number of amides is 1. The fourth-order valence-corrected chi connectivity index (χ4v) is 3.80. The Morgan fingerprint density at radius 1 is 1.23 bits per heavy atom. The van der Waals surface area contributed by atoms with Gasteiger partial charge in [0.05, 0.1) is 16.9 Å². The summed E-state index contributed by atoms with van der Waals surface area (Å²) in [6.07, 6.45) is -0.987. The van der Waals surface area contributed by atoms with Crippen molar-refractivity contribution in [2.45, 2.75) is 57.3 Å². The van der Waals surface area contributed by atoms with Gasteiger partial charge in [-0.25, -0.2) is 0 Å². The number of alkyl halides is 3. The molecule has 120 valence electrons. The smallest absolute Gasteiger partial charge is 0.353 e. The zero-order chi connectivity index (χ0) is 16.1. The van der Waals surface area contributed by atoms with Crippen molar-refractivity contribution in [1.29, 1.82) is 0 Å². The quantitative estimate of drug-likeness (QED) is 0.843. The van der Waals surface area contributed by atoms with E-state index >= 15 is 0 Å². The molecule has 22 heavy (non-hydrogen) atoms. The van der Waals surface area contributed by atoms with Gasteiger partial charge in [0.15, 0.2) is 0 Å². The van der Waals surface area contributed by atoms with Crippen molar-refractivity contribution in [2.24, 2.45) is 0 Å². The summed E-state index contributed by atoms with van der Waals surface area (Å²) in [5, 5.41) is 2.71. The fourth-order valence-electron chi connectivity index (χ4n) is 3.80. The molecule has 1 saturated carbocycles. The lowest BCUT2D eigenvalue weighted by Crippen LogP contribution is -2.60. The van der Waals surface area contributed by atoms with Crippen molar-refractivity contribution in [2.75, 3.05) is 10.2 Å². The number of halogens is 3. The zero-order valence-corrected chi connectivity index (χ0v) is 12.6. The number of benzene rings is 1. The van der Waals surface area contributed by atoms with Crippen LogP contribution in [0.15, 0.2) is 18.2 Å². The summed E-state index contributed by atoms with van der Waals surface area (Å²) >= 11 is 0. The summed E-state index contributed by atoms with van der Waals surface area (Å²) in [6, 6.07) is 3.65. The summed E-state index contributed by atoms with van der Waals surface area (Å²) in [5.74, 6) is -0.175. The molecule has 1 aliphatic heterocycles. The topological polar surface area (TPSA) is 32.3 Å². The Hall–Kier alpha value is -1.72. The predicted octanol–water partition coefficient (Wildman–Crippen LogP) is 4.19. The standard InChI is InChI=1S/C16H19F3N2O/c1-10(2)21-13-6-5-11(16(17,18)19)9-12(13)20-14(22)15(21)7-3-4-8-15/h5-6,9-10H,3-4,7-8H2,1-2H3,(H,20,22). The molecule has 1 spiro atoms. The third kappa shape index (κ3) is 2.16. The normalized spacial score (nSPS) is 20.5. The summed E-state index contributed by atoms with van der Waals surface area (Å²) < 4.78 is 38.6. The Morgan fingerprint density at radius 3 is 2.41 bits per heavy atom. The van der Waals surface area contributed by atoms with E-state index in [0.717, 1.165) is 37.8 Å². The largest absolute Gasteiger partial charge is 0.416 e. The minimum absolute atomic E-state index is 0.0413. The second-order valence-electron chi connectivity index (χ2n) is 6.39. The average molecular weight is 312 g/mol. The molecule has 1 aromatic rings. The van der Waals surface area contributed by atoms with Gasteiger partial charge in [-0.15, -0.1) is 0 Å². The van der Waals surface area contributed by atoms with Crippen molar-refractivity contribution in [3.8, 4) is 0 Å². The third-order valence-corrected chi connectivity index (χ3v) is 4.66. The second kappa shape index (κ2) is 4.89. The molecular weight excluding hydrogens is 293 g/mol. The highest BCUT2D eigenvalue weighted by molar-refractivity contribution is 6.07. The van der Waals surface area contributed by atoms with Crippen LogP contribution in [-0.4, -0.2) is 17.5 Å². The molecule has 3 nitrogen and oxygen atoms in total. The summed E-state index contributed by atoms with van der Waals surface area (Å²) in [7, 11) is 0. The van der Waals surface area contributed by atoms with Crippen molar-refractivity contribution in [1.82, 2.24) is 0 Å². The highest BCUT2D eigenvalue weighted by Crippen LogP contribution is 2.47. The van der Waals surface area contributed by atoms with Gasteiger partial charge >= 0.3 is 6.18 Å². The van der Waals surface area contributed by atoms with Crippen LogP contribution >= 0.6 is 0 Å². The number of fused-ring (bicyclic) bond motifs is 1. The number of nitrogens with zero attached hydrogens (tertiary/aromatic N) is 1. The second-order valence-corrected chi connectivity index (χ2v) is 6.39. The number of anilines is 2. The first-order valence-corrected chi connectivity index (χ1v) is 7.58. The molecule has 0 bridgehead atoms. The van der Waals surface area contributed by atoms with Gasteiger partial charge in [-0.05, 0) is 44.9 Å². The van der Waals surface area contributed by atoms with E-state index in [2.05, 4.69) is 5.32 Å². The van der Waals surface area contributed by atoms with Crippen LogP contribution < -0.4 is 10.2 Å². The highest BCUT2D eigenvalue weighted by Gasteiger charge is 2.50. The van der Waals surface area contributed by atoms with Crippen molar-refractivity contribution in [3.63, 3.8) is 0 Å². The number of carbonyl (C=O) groups is 1. The Labute approximate surface area is 127 Å². The van der Waals surface area contributed by atoms with Gasteiger partial charge in [0.1, 0.15) is 5.54 Å². The number of rotatable bonds is 1. The van der Waals surface area contributed by atoms with Crippen LogP contribution in [0.5, 0.6) is 0 Å². The molecule has 0 saturated heterocycles. The summed E-state index contributed by atoms with van der Waals surface area (Å²) in [5.41, 5.74) is -0.408. The molecule has 1 fully saturated rings. The number of nitrogens with one attached hydrogen (secondary N) is 1. The van der Waals surface area contributed by atoms with Gasteiger partial charge in [-0.3, -0.25) is 4.79 Å². The van der Waals surface area contributed by atoms with Crippen molar-refractivity contribution >= 4 is 17.3 Å². The van der Waals surface area contributed by atoms with E-state index < -0.39 is 17.3 Å². The van der Waals surface area contributed by atoms with Crippen LogP contribution in [0.4, 0.5) is 24.5 Å². The minimum atomic E-state index is -4.41. The lowest BCUT2D eigenvalue weighted by molar-refractivity contribution is -0.137. The molecule has 6 heteroatoms. The van der Waals surface area contributed by atoms with Crippen LogP contribution in [0.1, 0.15) is 45.1 Å². The molecule has 0 aromatic heterocycles. The molecule has 1 aliphatic carbocycles. The molecule has 0 atom stereocenters. The van der Waals surface area contributed by atoms with Crippen molar-refractivity contribution < 1.29 is 18.0 Å². The van der Waals surface area contributed by atoms with Gasteiger partial charge in [0.25, 0.3) is 0 Å². The van der Waals surface area contributed by atoms with Gasteiger partial charge in [-0.2, -0.15) is 13.2 Å². The molecule has 1 aromatic carbocycles. The molecule has 0 radical (unpaired) electrons. The number of carbonyl (C=O) groups excluding carboxylic acids is 1. The van der Waals surface area contributed by atoms with E-state index in [4.69, 9.17) is 0 Å². The van der Waals surface area contributed by atoms with Crippen LogP contribution in [-0.2, 0) is 11.0 Å². The van der Waals surface area contributed by atoms with E-state index in [1.54, 1.807) is 0 Å². The molecule has 1 N–H and O–H groups in total. The first kappa shape index (κ1) is 15.2. The van der Waals surface area contributed by atoms with Gasteiger partial charge < -0.3 is 10.2 Å². The van der Waals surface area contributed by atoms with Gasteiger partial charge in [-0.1, -0.05) is 12.8 Å². The lowest BCUT2D eigenvalue weighted by atomic mass is 9.88. The Kier molecular flexibility index (Phi) is 3.38. The molecule has 1 heterocycles. The molecular formula is C16H19F3N2O. The monoisotopic (exact) mass is 312 g/mol. The summed E-state index contributed by atoms with van der Waals surface area (Å²) in [6.45, 7) is 3.94. The van der Waals surface area contributed by atoms with Crippen LogP contribution in [0, 0.1) is 0 Å². The van der Waals surface area contributed by atoms with Crippen molar-refractivity contribution in [3.05, 3.63) is 23.8 Å². The van der Waals surface area contributed by atoms with E-state index in [0.29, 0.717) is 5.69 Å². The van der Waals surface area contributed by atoms with E-state index in [1.165, 1.54) is 6.07 Å². The third-order valence-electron chi connectivity index (χ3n) is 4.66. The Bertz CT molecular complexity index is 604. The van der Waals surface area contributed by atoms with E-state index in [1.807, 2.05) is 18.7 Å². The maximum atomic E-state index is 12.9. The van der Waals surface area contributed by atoms with Crippen LogP contribution in [0.3, 0.4) is 0 Å². The Morgan fingerprint density at radius 2 is 1.86 bits per heavy atom. The minimum Gasteiger partial charge on any atom is -0.353 e. The first-order chi connectivity index (χ1) is 10.3. The maximum Gasteiger partial charge on any atom is 0.416 e. The molecule has 0 unspecified atom stereocenters. The molecule has 3 rings (SSSR count). The summed E-state index contributed by atoms with van der Waals surface area (Å²) in [4.78, 5) is 14.6. The van der Waals surface area contributed by atoms with E-state index in [9.17, 15) is 18.0 Å². The number of hydrogen-bond donors (Lipinski definition) is 1. The van der Waals surface area contributed by atoms with Gasteiger partial charge in [0, 0.05) is 6.04 Å². The SMILES string of the molecule is CC(C)N1c2ccc(C(F)(F)F)cc2NC(=O)C12CCCC2. The fraction of sp³-hybridized carbons (Fsp3) is 0.562. The maximum absolute atomic E-state index is 12.9. The zero-order valence-electron chi connectivity index (χ0n) is 12.6.